The van der Waals surface area contributed by atoms with Crippen molar-refractivity contribution >= 4 is 41.4 Å². The highest BCUT2D eigenvalue weighted by molar-refractivity contribution is 7.98. The number of aliphatic hydroxyl groups excluding tert-OH is 1. The van der Waals surface area contributed by atoms with E-state index in [1.807, 2.05) is 6.26 Å². The van der Waals surface area contributed by atoms with E-state index in [-0.39, 0.29) is 13.0 Å². The molecule has 8 N–H and O–H groups in total. The Hall–Kier alpha value is -2.38. The number of aliphatic carboxylic acids is 1. The fraction of sp³-hybridized carbons (Fsp3) is 0.706. The van der Waals surface area contributed by atoms with Crippen LogP contribution in [0.4, 0.5) is 0 Å². The third kappa shape index (κ3) is 7.46. The molecule has 13 heteroatoms. The minimum absolute atomic E-state index is 0.238. The molecule has 1 fully saturated rings. The number of amides is 4. The third-order valence-corrected chi connectivity index (χ3v) is 5.26. The van der Waals surface area contributed by atoms with Gasteiger partial charge in [-0.2, -0.15) is 11.8 Å². The second kappa shape index (κ2) is 12.3. The van der Waals surface area contributed by atoms with Crippen molar-refractivity contribution in [3.05, 3.63) is 0 Å². The van der Waals surface area contributed by atoms with Crippen LogP contribution < -0.4 is 22.1 Å². The Bertz CT molecular complexity index is 662. The molecule has 1 heterocycles. The summed E-state index contributed by atoms with van der Waals surface area (Å²) in [6.45, 7) is -0.505. The molecule has 170 valence electrons. The SMILES string of the molecule is CSCCC(NC(=O)C(CO)NC(=O)C(N)CC(N)=O)C(=O)N1CCCC1C(=O)O. The highest BCUT2D eigenvalue weighted by atomic mass is 32.2. The highest BCUT2D eigenvalue weighted by Gasteiger charge is 2.38. The first-order valence-electron chi connectivity index (χ1n) is 9.40. The van der Waals surface area contributed by atoms with Crippen molar-refractivity contribution in [2.75, 3.05) is 25.2 Å². The Morgan fingerprint density at radius 2 is 1.80 bits per heavy atom. The average molecular weight is 448 g/mol. The zero-order valence-electron chi connectivity index (χ0n) is 16.7. The van der Waals surface area contributed by atoms with Crippen molar-refractivity contribution < 1.29 is 34.2 Å². The van der Waals surface area contributed by atoms with Gasteiger partial charge in [-0.05, 0) is 31.3 Å². The van der Waals surface area contributed by atoms with E-state index in [1.165, 1.54) is 16.7 Å². The van der Waals surface area contributed by atoms with Gasteiger partial charge in [0.15, 0.2) is 0 Å². The lowest BCUT2D eigenvalue weighted by atomic mass is 10.1. The maximum atomic E-state index is 12.9. The number of carbonyl (C=O) groups excluding carboxylic acids is 4. The van der Waals surface area contributed by atoms with E-state index >= 15 is 0 Å². The number of aliphatic hydroxyl groups is 1. The predicted octanol–water partition coefficient (Wildman–Crippen LogP) is -3.02. The van der Waals surface area contributed by atoms with E-state index in [9.17, 15) is 34.2 Å². The lowest BCUT2D eigenvalue weighted by Gasteiger charge is -2.28. The molecule has 0 spiro atoms. The Labute approximate surface area is 178 Å². The lowest BCUT2D eigenvalue weighted by Crippen LogP contribution is -2.58. The molecule has 0 bridgehead atoms. The van der Waals surface area contributed by atoms with Crippen LogP contribution in [0.1, 0.15) is 25.7 Å². The summed E-state index contributed by atoms with van der Waals surface area (Å²) >= 11 is 1.44. The predicted molar refractivity (Wildman–Crippen MR) is 108 cm³/mol. The molecule has 4 atom stereocenters. The maximum absolute atomic E-state index is 12.9. The van der Waals surface area contributed by atoms with E-state index in [2.05, 4.69) is 10.6 Å². The number of nitrogens with one attached hydrogen (secondary N) is 2. The van der Waals surface area contributed by atoms with Crippen molar-refractivity contribution in [3.8, 4) is 0 Å². The topological polar surface area (TPSA) is 205 Å². The van der Waals surface area contributed by atoms with Crippen LogP contribution in [0.3, 0.4) is 0 Å². The van der Waals surface area contributed by atoms with E-state index in [1.54, 1.807) is 0 Å². The summed E-state index contributed by atoms with van der Waals surface area (Å²) in [6.07, 6.45) is 2.49. The molecular formula is C17H29N5O7S. The average Bonchev–Trinajstić information content (AvgIpc) is 3.17. The summed E-state index contributed by atoms with van der Waals surface area (Å²) in [7, 11) is 0. The summed E-state index contributed by atoms with van der Waals surface area (Å²) in [6, 6.07) is -4.67. The number of nitrogens with two attached hydrogens (primary N) is 2. The molecule has 0 aliphatic carbocycles. The molecule has 1 saturated heterocycles. The van der Waals surface area contributed by atoms with Gasteiger partial charge in [0, 0.05) is 6.54 Å². The van der Waals surface area contributed by atoms with Crippen LogP contribution in [0.25, 0.3) is 0 Å². The summed E-state index contributed by atoms with van der Waals surface area (Å²) in [5.74, 6) is -3.62. The summed E-state index contributed by atoms with van der Waals surface area (Å²) in [4.78, 5) is 60.9. The molecule has 0 aromatic heterocycles. The second-order valence-electron chi connectivity index (χ2n) is 6.89. The zero-order valence-corrected chi connectivity index (χ0v) is 17.5. The minimum Gasteiger partial charge on any atom is -0.480 e. The number of carboxylic acid groups (broad SMARTS) is 1. The van der Waals surface area contributed by atoms with Crippen LogP contribution >= 0.6 is 11.8 Å². The number of carboxylic acids is 1. The van der Waals surface area contributed by atoms with Crippen LogP contribution in [0, 0.1) is 0 Å². The molecule has 1 aliphatic heterocycles. The Morgan fingerprint density at radius 1 is 1.17 bits per heavy atom. The van der Waals surface area contributed by atoms with E-state index < -0.39 is 66.8 Å². The Morgan fingerprint density at radius 3 is 2.33 bits per heavy atom. The first kappa shape index (κ1) is 25.7. The lowest BCUT2D eigenvalue weighted by molar-refractivity contribution is -0.149. The molecule has 4 amide bonds. The monoisotopic (exact) mass is 447 g/mol. The quantitative estimate of drug-likeness (QED) is 0.180. The molecular weight excluding hydrogens is 418 g/mol. The number of likely N-dealkylation sites (tertiary alicyclic amines) is 1. The van der Waals surface area contributed by atoms with Gasteiger partial charge in [-0.3, -0.25) is 19.2 Å². The van der Waals surface area contributed by atoms with Crippen LogP contribution in [-0.4, -0.2) is 94.0 Å². The van der Waals surface area contributed by atoms with Gasteiger partial charge >= 0.3 is 5.97 Å². The van der Waals surface area contributed by atoms with Gasteiger partial charge in [0.2, 0.25) is 23.6 Å². The molecule has 30 heavy (non-hydrogen) atoms. The first-order chi connectivity index (χ1) is 14.1. The normalized spacial score (nSPS) is 18.9. The Balaban J connectivity index is 2.85. The van der Waals surface area contributed by atoms with Gasteiger partial charge in [0.25, 0.3) is 0 Å². The molecule has 0 radical (unpaired) electrons. The standard InChI is InChI=1S/C17H29N5O7S/c1-30-6-4-10(16(27)22-5-2-3-12(22)17(28)29)20-15(26)11(8-23)21-14(25)9(18)7-13(19)24/h9-12,23H,2-8,18H2,1H3,(H2,19,24)(H,20,26)(H,21,25)(H,28,29). The number of hydrogen-bond donors (Lipinski definition) is 6. The van der Waals surface area contributed by atoms with Crippen LogP contribution in [0.2, 0.25) is 0 Å². The summed E-state index contributed by atoms with van der Waals surface area (Å²) in [5, 5.41) is 23.5. The molecule has 0 aromatic rings. The largest absolute Gasteiger partial charge is 0.480 e. The van der Waals surface area contributed by atoms with E-state index in [0.717, 1.165) is 0 Å². The van der Waals surface area contributed by atoms with E-state index in [0.29, 0.717) is 18.6 Å². The van der Waals surface area contributed by atoms with Gasteiger partial charge < -0.3 is 37.2 Å². The molecule has 1 aliphatic rings. The summed E-state index contributed by atoms with van der Waals surface area (Å²) in [5.41, 5.74) is 10.5. The minimum atomic E-state index is -1.41. The smallest absolute Gasteiger partial charge is 0.326 e. The van der Waals surface area contributed by atoms with Gasteiger partial charge in [-0.1, -0.05) is 0 Å². The molecule has 0 saturated carbocycles. The van der Waals surface area contributed by atoms with E-state index in [4.69, 9.17) is 11.5 Å². The van der Waals surface area contributed by atoms with Crippen molar-refractivity contribution in [3.63, 3.8) is 0 Å². The molecule has 0 aromatic carbocycles. The van der Waals surface area contributed by atoms with Gasteiger partial charge in [-0.25, -0.2) is 4.79 Å². The molecule has 1 rings (SSSR count). The number of rotatable bonds is 12. The Kier molecular flexibility index (Phi) is 10.6. The molecule has 4 unspecified atom stereocenters. The number of nitrogens with zero attached hydrogens (tertiary/aromatic N) is 1. The third-order valence-electron chi connectivity index (χ3n) is 4.62. The van der Waals surface area contributed by atoms with Crippen molar-refractivity contribution in [2.45, 2.75) is 49.9 Å². The van der Waals surface area contributed by atoms with Gasteiger partial charge in [-0.15, -0.1) is 0 Å². The number of hydrogen-bond acceptors (Lipinski definition) is 8. The van der Waals surface area contributed by atoms with Gasteiger partial charge in [0.05, 0.1) is 19.1 Å². The summed E-state index contributed by atoms with van der Waals surface area (Å²) < 4.78 is 0. The van der Waals surface area contributed by atoms with Crippen molar-refractivity contribution in [1.29, 1.82) is 0 Å². The second-order valence-corrected chi connectivity index (χ2v) is 7.88. The highest BCUT2D eigenvalue weighted by Crippen LogP contribution is 2.19. The van der Waals surface area contributed by atoms with Crippen LogP contribution in [-0.2, 0) is 24.0 Å². The number of thioether (sulfide) groups is 1. The van der Waals surface area contributed by atoms with Gasteiger partial charge in [0.1, 0.15) is 18.1 Å². The first-order valence-corrected chi connectivity index (χ1v) is 10.8. The van der Waals surface area contributed by atoms with Crippen LogP contribution in [0.15, 0.2) is 0 Å². The maximum Gasteiger partial charge on any atom is 0.326 e. The van der Waals surface area contributed by atoms with Crippen molar-refractivity contribution in [2.24, 2.45) is 11.5 Å². The zero-order chi connectivity index (χ0) is 22.8. The fourth-order valence-corrected chi connectivity index (χ4v) is 3.51. The number of primary amides is 1. The molecule has 12 nitrogen and oxygen atoms in total. The van der Waals surface area contributed by atoms with Crippen LogP contribution in [0.5, 0.6) is 0 Å². The fourth-order valence-electron chi connectivity index (χ4n) is 3.04. The van der Waals surface area contributed by atoms with Crippen molar-refractivity contribution in [1.82, 2.24) is 15.5 Å². The number of carbonyl (C=O) groups is 5.